The van der Waals surface area contributed by atoms with Crippen LogP contribution in [0.5, 0.6) is 0 Å². The lowest BCUT2D eigenvalue weighted by atomic mass is 10.1. The molecule has 0 aliphatic rings. The Bertz CT molecular complexity index is 2730. The highest BCUT2D eigenvalue weighted by molar-refractivity contribution is 7.47. The average molecular weight is 1520 g/mol. The molecule has 0 fully saturated rings. The monoisotopic (exact) mass is 1520 g/mol. The average Bonchev–Trinajstić information content (AvgIpc) is 0.933. The molecule has 0 aromatic heterocycles. The summed E-state index contributed by atoms with van der Waals surface area (Å²) in [7, 11) is -10.0. The number of hydrogen-bond donors (Lipinski definition) is 3. The molecular formula is C87H140O17P2. The van der Waals surface area contributed by atoms with Crippen LogP contribution in [0.4, 0.5) is 0 Å². The Labute approximate surface area is 641 Å². The highest BCUT2D eigenvalue weighted by atomic mass is 31.2. The third-order valence-electron chi connectivity index (χ3n) is 15.9. The first kappa shape index (κ1) is 100. The highest BCUT2D eigenvalue weighted by Gasteiger charge is 2.30. The van der Waals surface area contributed by atoms with Gasteiger partial charge in [-0.15, -0.1) is 0 Å². The first-order chi connectivity index (χ1) is 51.7. The molecule has 600 valence electrons. The fraction of sp³-hybridized carbons (Fsp3) is 0.609. The Morgan fingerprint density at radius 3 is 0.821 bits per heavy atom. The fourth-order valence-corrected chi connectivity index (χ4v) is 11.4. The van der Waals surface area contributed by atoms with Gasteiger partial charge in [-0.25, -0.2) is 9.13 Å². The summed E-state index contributed by atoms with van der Waals surface area (Å²) in [5.74, 6) is -2.41. The number of phosphoric ester groups is 2. The van der Waals surface area contributed by atoms with Gasteiger partial charge in [-0.2, -0.15) is 0 Å². The normalized spacial score (nSPS) is 14.8. The molecule has 0 radical (unpaired) electrons. The summed E-state index contributed by atoms with van der Waals surface area (Å²) in [6.07, 6.45) is 93.3. The summed E-state index contributed by atoms with van der Waals surface area (Å²) in [6.45, 7) is 4.39. The number of carbonyl (C=O) groups is 4. The number of hydrogen-bond acceptors (Lipinski definition) is 15. The van der Waals surface area contributed by atoms with Crippen LogP contribution in [0.25, 0.3) is 0 Å². The molecule has 0 amide bonds. The molecule has 0 saturated carbocycles. The molecular weight excluding hydrogens is 1380 g/mol. The maximum absolute atomic E-state index is 13.1. The maximum atomic E-state index is 13.1. The zero-order chi connectivity index (χ0) is 77.4. The van der Waals surface area contributed by atoms with Crippen molar-refractivity contribution >= 4 is 39.5 Å². The van der Waals surface area contributed by atoms with Gasteiger partial charge in [0, 0.05) is 25.7 Å². The van der Waals surface area contributed by atoms with E-state index in [-0.39, 0.29) is 25.7 Å². The summed E-state index contributed by atoms with van der Waals surface area (Å²) in [4.78, 5) is 73.0. The van der Waals surface area contributed by atoms with Gasteiger partial charge in [0.15, 0.2) is 12.2 Å². The molecule has 0 aliphatic carbocycles. The fourth-order valence-electron chi connectivity index (χ4n) is 9.82. The van der Waals surface area contributed by atoms with Crippen LogP contribution in [0.2, 0.25) is 0 Å². The predicted octanol–water partition coefficient (Wildman–Crippen LogP) is 23.6. The van der Waals surface area contributed by atoms with Gasteiger partial charge in [-0.1, -0.05) is 281 Å². The van der Waals surface area contributed by atoms with Gasteiger partial charge in [-0.05, 0) is 161 Å². The van der Waals surface area contributed by atoms with Crippen molar-refractivity contribution in [3.8, 4) is 0 Å². The molecule has 0 rings (SSSR count). The lowest BCUT2D eigenvalue weighted by molar-refractivity contribution is -0.161. The number of ether oxygens (including phenoxy) is 4. The highest BCUT2D eigenvalue weighted by Crippen LogP contribution is 2.45. The molecule has 0 spiro atoms. The number of unbranched alkanes of at least 4 members (excludes halogenated alkanes) is 17. The molecule has 19 heteroatoms. The lowest BCUT2D eigenvalue weighted by Crippen LogP contribution is -2.30. The first-order valence-electron chi connectivity index (χ1n) is 40.0. The first-order valence-corrected chi connectivity index (χ1v) is 43.0. The quantitative estimate of drug-likeness (QED) is 0.0169. The van der Waals surface area contributed by atoms with E-state index < -0.39 is 97.5 Å². The van der Waals surface area contributed by atoms with Crippen molar-refractivity contribution in [3.63, 3.8) is 0 Å². The number of aliphatic hydroxyl groups excluding tert-OH is 1. The predicted molar refractivity (Wildman–Crippen MR) is 436 cm³/mol. The Morgan fingerprint density at radius 1 is 0.274 bits per heavy atom. The van der Waals surface area contributed by atoms with Gasteiger partial charge < -0.3 is 33.8 Å². The van der Waals surface area contributed by atoms with Crippen molar-refractivity contribution in [1.29, 1.82) is 0 Å². The van der Waals surface area contributed by atoms with Crippen molar-refractivity contribution in [2.24, 2.45) is 0 Å². The van der Waals surface area contributed by atoms with E-state index in [0.29, 0.717) is 38.5 Å². The molecule has 0 aromatic carbocycles. The molecule has 2 unspecified atom stereocenters. The molecule has 106 heavy (non-hydrogen) atoms. The number of carbonyl (C=O) groups excluding carboxylic acids is 4. The SMILES string of the molecule is CC/C=C\C/C=C\C/C=C\C/C=C\C/C=C\C/C=C\CCC(=O)OC[C@H](COP(=O)(O)OC[C@@H](O)COP(=O)(O)OC[C@@H](COC(=O)CC/C=C\C/C=C\C/C=C\C/C=C\C/C=C\C/C=C\CC)OC(=O)CCCCCCC/C=C\CCCCCC)OC(=O)CCCCCCC/C=C\C/C=C\CCCCC. The molecule has 0 aliphatic heterocycles. The van der Waals surface area contributed by atoms with Gasteiger partial charge in [0.2, 0.25) is 0 Å². The lowest BCUT2D eigenvalue weighted by Gasteiger charge is -2.21. The van der Waals surface area contributed by atoms with E-state index in [1.165, 1.54) is 44.9 Å². The van der Waals surface area contributed by atoms with E-state index in [0.717, 1.165) is 148 Å². The van der Waals surface area contributed by atoms with Crippen LogP contribution in [0.15, 0.2) is 182 Å². The summed E-state index contributed by atoms with van der Waals surface area (Å²) < 4.78 is 68.4. The third kappa shape index (κ3) is 76.4. The van der Waals surface area contributed by atoms with Crippen molar-refractivity contribution < 1.29 is 80.2 Å². The van der Waals surface area contributed by atoms with Gasteiger partial charge in [-0.3, -0.25) is 37.3 Å². The van der Waals surface area contributed by atoms with Crippen LogP contribution in [0.1, 0.15) is 285 Å². The summed E-state index contributed by atoms with van der Waals surface area (Å²) in [5.41, 5.74) is 0. The second-order valence-electron chi connectivity index (χ2n) is 25.9. The van der Waals surface area contributed by atoms with Gasteiger partial charge in [0.1, 0.15) is 19.3 Å². The largest absolute Gasteiger partial charge is 0.472 e. The molecule has 0 bridgehead atoms. The zero-order valence-corrected chi connectivity index (χ0v) is 67.3. The Kier molecular flexibility index (Phi) is 73.1. The van der Waals surface area contributed by atoms with Crippen LogP contribution >= 0.6 is 15.6 Å². The summed E-state index contributed by atoms with van der Waals surface area (Å²) >= 11 is 0. The second kappa shape index (κ2) is 77.3. The van der Waals surface area contributed by atoms with E-state index in [1.807, 2.05) is 36.5 Å². The Hall–Kier alpha value is -5.84. The van der Waals surface area contributed by atoms with Crippen LogP contribution in [-0.2, 0) is 65.4 Å². The molecule has 0 aromatic rings. The maximum Gasteiger partial charge on any atom is 0.472 e. The van der Waals surface area contributed by atoms with Gasteiger partial charge >= 0.3 is 39.5 Å². The van der Waals surface area contributed by atoms with E-state index in [1.54, 1.807) is 0 Å². The zero-order valence-electron chi connectivity index (χ0n) is 65.5. The standard InChI is InChI=1S/C87H140O17P2/c1-5-9-13-17-21-25-29-33-36-38-40-42-45-48-51-55-59-63-67-71-84(89)97-77-82(103-86(91)73-69-65-61-57-53-47-32-28-24-20-16-12-8-4)79-101-105(93,94)99-75-81(88)76-100-106(95,96)102-80-83(104-87(92)74-70-66-62-58-54-50-44-35-31-27-23-19-15-11-7-3)78-98-85(90)72-68-64-60-56-52-49-46-43-41-39-37-34-30-26-22-18-14-10-6-2/h9-10,13-14,21-23,25-28,32-37,40-44,48-49,51-52,59-60,63-64,81-83,88H,5-8,11-12,15-20,24,29-31,38-39,45-47,50,53-58,61-62,65-80H2,1-4H3,(H,93,94)(H,95,96)/b13-9-,14-10-,25-21-,26-22-,27-23-,32-28-,36-33-,37-34-,42-40-,43-41-,44-35-,51-48-,52-49-,63-59-,64-60-/t81-,82+,83+/m0/s1. The minimum Gasteiger partial charge on any atom is -0.462 e. The smallest absolute Gasteiger partial charge is 0.462 e. The summed E-state index contributed by atoms with van der Waals surface area (Å²) in [6, 6.07) is 0. The minimum atomic E-state index is -5.01. The number of aliphatic hydroxyl groups is 1. The second-order valence-corrected chi connectivity index (χ2v) is 28.8. The molecule has 17 nitrogen and oxygen atoms in total. The van der Waals surface area contributed by atoms with Crippen LogP contribution in [-0.4, -0.2) is 96.7 Å². The van der Waals surface area contributed by atoms with E-state index in [9.17, 15) is 43.2 Å². The van der Waals surface area contributed by atoms with Crippen molar-refractivity contribution in [3.05, 3.63) is 182 Å². The number of allylic oxidation sites excluding steroid dienone is 30. The molecule has 5 atom stereocenters. The number of esters is 4. The molecule has 0 saturated heterocycles. The Morgan fingerprint density at radius 2 is 0.509 bits per heavy atom. The number of rotatable bonds is 73. The van der Waals surface area contributed by atoms with Crippen molar-refractivity contribution in [1.82, 2.24) is 0 Å². The van der Waals surface area contributed by atoms with E-state index >= 15 is 0 Å². The minimum absolute atomic E-state index is 0.0254. The van der Waals surface area contributed by atoms with Crippen LogP contribution < -0.4 is 0 Å². The van der Waals surface area contributed by atoms with E-state index in [2.05, 4.69) is 174 Å². The topological polar surface area (TPSA) is 237 Å². The van der Waals surface area contributed by atoms with Crippen LogP contribution in [0, 0.1) is 0 Å². The van der Waals surface area contributed by atoms with Gasteiger partial charge in [0.05, 0.1) is 26.4 Å². The summed E-state index contributed by atoms with van der Waals surface area (Å²) in [5, 5.41) is 10.6. The molecule has 0 heterocycles. The van der Waals surface area contributed by atoms with Crippen molar-refractivity contribution in [2.75, 3.05) is 39.6 Å². The molecule has 3 N–H and O–H groups in total. The van der Waals surface area contributed by atoms with Crippen molar-refractivity contribution in [2.45, 2.75) is 303 Å². The van der Waals surface area contributed by atoms with Gasteiger partial charge in [0.25, 0.3) is 0 Å². The third-order valence-corrected chi connectivity index (χ3v) is 17.8. The number of phosphoric acid groups is 2. The Balaban J connectivity index is 5.51. The van der Waals surface area contributed by atoms with E-state index in [4.69, 9.17) is 37.0 Å². The van der Waals surface area contributed by atoms with Crippen LogP contribution in [0.3, 0.4) is 0 Å².